The largest absolute Gasteiger partial charge is 0.324 e. The third-order valence-corrected chi connectivity index (χ3v) is 6.53. The SMILES string of the molecule is CC1Cc2ccccc2C(=O)C12CCNC21C(=O)Nc2ccccc21. The summed E-state index contributed by atoms with van der Waals surface area (Å²) < 4.78 is 0. The minimum atomic E-state index is -0.965. The van der Waals surface area contributed by atoms with Crippen molar-refractivity contribution in [1.82, 2.24) is 5.32 Å². The summed E-state index contributed by atoms with van der Waals surface area (Å²) in [5.74, 6) is 0.103. The number of hydrogen-bond donors (Lipinski definition) is 2. The quantitative estimate of drug-likeness (QED) is 0.780. The fourth-order valence-electron chi connectivity index (χ4n) is 5.46. The Morgan fingerprint density at radius 2 is 1.80 bits per heavy atom. The molecule has 2 aliphatic heterocycles. The first-order valence-electron chi connectivity index (χ1n) is 8.90. The summed E-state index contributed by atoms with van der Waals surface area (Å²) in [6.45, 7) is 2.79. The van der Waals surface area contributed by atoms with Gasteiger partial charge in [-0.3, -0.25) is 14.9 Å². The molecule has 0 saturated carbocycles. The lowest BCUT2D eigenvalue weighted by Crippen LogP contribution is -2.61. The molecule has 126 valence electrons. The number of anilines is 1. The van der Waals surface area contributed by atoms with Crippen molar-refractivity contribution in [3.05, 3.63) is 65.2 Å². The number of para-hydroxylation sites is 1. The Kier molecular flexibility index (Phi) is 2.85. The number of hydrogen-bond acceptors (Lipinski definition) is 3. The minimum Gasteiger partial charge on any atom is -0.324 e. The van der Waals surface area contributed by atoms with E-state index < -0.39 is 11.0 Å². The van der Waals surface area contributed by atoms with Gasteiger partial charge in [0, 0.05) is 16.8 Å². The van der Waals surface area contributed by atoms with E-state index >= 15 is 0 Å². The van der Waals surface area contributed by atoms with E-state index in [1.165, 1.54) is 0 Å². The van der Waals surface area contributed by atoms with Gasteiger partial charge in [-0.15, -0.1) is 0 Å². The van der Waals surface area contributed by atoms with Gasteiger partial charge in [-0.25, -0.2) is 0 Å². The lowest BCUT2D eigenvalue weighted by Gasteiger charge is -2.47. The summed E-state index contributed by atoms with van der Waals surface area (Å²) in [6.07, 6.45) is 1.50. The number of carbonyl (C=O) groups is 2. The fourth-order valence-corrected chi connectivity index (χ4v) is 5.46. The Morgan fingerprint density at radius 1 is 1.04 bits per heavy atom. The maximum Gasteiger partial charge on any atom is 0.250 e. The third kappa shape index (κ3) is 1.56. The van der Waals surface area contributed by atoms with Crippen molar-refractivity contribution in [3.63, 3.8) is 0 Å². The van der Waals surface area contributed by atoms with Crippen LogP contribution in [0.1, 0.15) is 34.8 Å². The van der Waals surface area contributed by atoms with Crippen molar-refractivity contribution < 1.29 is 9.59 Å². The van der Waals surface area contributed by atoms with Gasteiger partial charge < -0.3 is 5.32 Å². The Balaban J connectivity index is 1.79. The van der Waals surface area contributed by atoms with Gasteiger partial charge in [0.05, 0.1) is 5.41 Å². The van der Waals surface area contributed by atoms with Crippen LogP contribution in [0.15, 0.2) is 48.5 Å². The van der Waals surface area contributed by atoms with Crippen LogP contribution in [0.25, 0.3) is 0 Å². The summed E-state index contributed by atoms with van der Waals surface area (Å²) in [5.41, 5.74) is 1.91. The zero-order chi connectivity index (χ0) is 17.2. The number of ketones is 1. The van der Waals surface area contributed by atoms with E-state index in [1.807, 2.05) is 48.5 Å². The number of rotatable bonds is 0. The van der Waals surface area contributed by atoms with Crippen molar-refractivity contribution in [2.75, 3.05) is 11.9 Å². The average molecular weight is 332 g/mol. The Bertz CT molecular complexity index is 922. The van der Waals surface area contributed by atoms with Gasteiger partial charge in [0.15, 0.2) is 5.78 Å². The molecule has 1 amide bonds. The predicted molar refractivity (Wildman–Crippen MR) is 95.4 cm³/mol. The molecule has 25 heavy (non-hydrogen) atoms. The highest BCUT2D eigenvalue weighted by molar-refractivity contribution is 6.14. The van der Waals surface area contributed by atoms with E-state index in [9.17, 15) is 9.59 Å². The maximum atomic E-state index is 13.7. The highest BCUT2D eigenvalue weighted by Gasteiger charge is 2.69. The van der Waals surface area contributed by atoms with E-state index in [0.717, 1.165) is 28.8 Å². The van der Waals surface area contributed by atoms with Gasteiger partial charge in [-0.2, -0.15) is 0 Å². The van der Waals surface area contributed by atoms with Crippen LogP contribution in [0.2, 0.25) is 0 Å². The van der Waals surface area contributed by atoms with Crippen LogP contribution in [-0.2, 0) is 16.8 Å². The summed E-state index contributed by atoms with van der Waals surface area (Å²) in [5, 5.41) is 6.47. The lowest BCUT2D eigenvalue weighted by molar-refractivity contribution is -0.126. The third-order valence-electron chi connectivity index (χ3n) is 6.53. The van der Waals surface area contributed by atoms with Crippen molar-refractivity contribution in [2.45, 2.75) is 25.3 Å². The molecular formula is C21H20N2O2. The van der Waals surface area contributed by atoms with Gasteiger partial charge >= 0.3 is 0 Å². The van der Waals surface area contributed by atoms with E-state index in [2.05, 4.69) is 17.6 Å². The number of fused-ring (bicyclic) bond motifs is 4. The number of amides is 1. The molecule has 3 unspecified atom stereocenters. The lowest BCUT2D eigenvalue weighted by atomic mass is 9.54. The zero-order valence-electron chi connectivity index (χ0n) is 14.1. The second-order valence-electron chi connectivity index (χ2n) is 7.49. The Labute approximate surface area is 146 Å². The number of nitrogens with one attached hydrogen (secondary N) is 2. The average Bonchev–Trinajstić information content (AvgIpc) is 3.15. The van der Waals surface area contributed by atoms with Crippen LogP contribution in [0, 0.1) is 11.3 Å². The molecule has 4 nitrogen and oxygen atoms in total. The molecule has 4 heteroatoms. The smallest absolute Gasteiger partial charge is 0.250 e. The van der Waals surface area contributed by atoms with Crippen LogP contribution in [-0.4, -0.2) is 18.2 Å². The second kappa shape index (κ2) is 4.79. The van der Waals surface area contributed by atoms with Crippen LogP contribution >= 0.6 is 0 Å². The topological polar surface area (TPSA) is 58.2 Å². The highest BCUT2D eigenvalue weighted by Crippen LogP contribution is 2.59. The maximum absolute atomic E-state index is 13.7. The highest BCUT2D eigenvalue weighted by atomic mass is 16.2. The molecule has 2 aromatic rings. The van der Waals surface area contributed by atoms with E-state index in [0.29, 0.717) is 13.0 Å². The summed E-state index contributed by atoms with van der Waals surface area (Å²) in [4.78, 5) is 27.0. The van der Waals surface area contributed by atoms with Gasteiger partial charge in [0.25, 0.3) is 0 Å². The molecule has 1 fully saturated rings. The fraction of sp³-hybridized carbons (Fsp3) is 0.333. The number of benzene rings is 2. The molecule has 2 heterocycles. The Morgan fingerprint density at radius 3 is 2.68 bits per heavy atom. The molecule has 3 aliphatic rings. The molecule has 1 saturated heterocycles. The van der Waals surface area contributed by atoms with Crippen molar-refractivity contribution in [3.8, 4) is 0 Å². The number of Topliss-reactive ketones (excluding diaryl/α,β-unsaturated/α-hetero) is 1. The van der Waals surface area contributed by atoms with Gasteiger partial charge in [-0.05, 0) is 36.9 Å². The van der Waals surface area contributed by atoms with Crippen molar-refractivity contribution >= 4 is 17.4 Å². The normalized spacial score (nSPS) is 32.8. The zero-order valence-corrected chi connectivity index (χ0v) is 14.1. The van der Waals surface area contributed by atoms with Crippen LogP contribution < -0.4 is 10.6 Å². The van der Waals surface area contributed by atoms with Crippen molar-refractivity contribution in [2.24, 2.45) is 11.3 Å². The molecule has 0 aromatic heterocycles. The Hall–Kier alpha value is -2.46. The van der Waals surface area contributed by atoms with Gasteiger partial charge in [0.1, 0.15) is 5.54 Å². The standard InChI is InChI=1S/C21H20N2O2/c1-13-12-14-6-2-3-7-15(14)18(24)20(13)10-11-22-21(20)16-8-4-5-9-17(16)23-19(21)25/h2-9,13,22H,10-12H2,1H3,(H,23,25). The molecule has 0 radical (unpaired) electrons. The molecule has 3 atom stereocenters. The summed E-state index contributed by atoms with van der Waals surface area (Å²) >= 11 is 0. The van der Waals surface area contributed by atoms with Crippen LogP contribution in [0.3, 0.4) is 0 Å². The van der Waals surface area contributed by atoms with Crippen LogP contribution in [0.5, 0.6) is 0 Å². The van der Waals surface area contributed by atoms with Crippen molar-refractivity contribution in [1.29, 1.82) is 0 Å². The van der Waals surface area contributed by atoms with E-state index in [4.69, 9.17) is 0 Å². The molecule has 2 spiro atoms. The van der Waals surface area contributed by atoms with E-state index in [-0.39, 0.29) is 17.6 Å². The molecule has 2 aromatic carbocycles. The summed E-state index contributed by atoms with van der Waals surface area (Å²) in [6, 6.07) is 15.6. The minimum absolute atomic E-state index is 0.0850. The molecule has 0 bridgehead atoms. The van der Waals surface area contributed by atoms with Gasteiger partial charge in [0.2, 0.25) is 5.91 Å². The molecule has 2 N–H and O–H groups in total. The predicted octanol–water partition coefficient (Wildman–Crippen LogP) is 2.89. The number of carbonyl (C=O) groups excluding carboxylic acids is 2. The molecule has 1 aliphatic carbocycles. The van der Waals surface area contributed by atoms with E-state index in [1.54, 1.807) is 0 Å². The molecule has 5 rings (SSSR count). The second-order valence-corrected chi connectivity index (χ2v) is 7.49. The summed E-state index contributed by atoms with van der Waals surface area (Å²) in [7, 11) is 0. The van der Waals surface area contributed by atoms with Gasteiger partial charge in [-0.1, -0.05) is 49.4 Å². The monoisotopic (exact) mass is 332 g/mol. The first-order valence-corrected chi connectivity index (χ1v) is 8.90. The molecular weight excluding hydrogens is 312 g/mol. The van der Waals surface area contributed by atoms with Crippen LogP contribution in [0.4, 0.5) is 5.69 Å². The first-order chi connectivity index (χ1) is 12.1. The first kappa shape index (κ1) is 14.8.